The van der Waals surface area contributed by atoms with Gasteiger partial charge in [0.05, 0.1) is 8.07 Å². The first kappa shape index (κ1) is 15.7. The van der Waals surface area contributed by atoms with E-state index in [-0.39, 0.29) is 0 Å². The molecule has 2 fully saturated rings. The second-order valence-corrected chi connectivity index (χ2v) is 13.9. The summed E-state index contributed by atoms with van der Waals surface area (Å²) in [5.41, 5.74) is 2.19. The Kier molecular flexibility index (Phi) is 3.83. The normalized spacial score (nSPS) is 34.1. The molecular weight excluding hydrogens is 292 g/mol. The van der Waals surface area contributed by atoms with Crippen molar-refractivity contribution >= 4 is 8.07 Å². The highest BCUT2D eigenvalue weighted by atomic mass is 28.3. The summed E-state index contributed by atoms with van der Waals surface area (Å²) in [4.78, 5) is 0. The standard InChI is InChI=1S/C22H32Si/c1-17-8-7-15-22(19-11-12-19)20(17)13-14-21(22)23(2,3)16-18-9-5-4-6-10-18/h4-6,9-10,14,17,19-20H,7-8,11-13,15-16H2,1-3H3/t17-,20+,22-/m1/s1. The molecule has 1 aromatic rings. The topological polar surface area (TPSA) is 0 Å². The van der Waals surface area contributed by atoms with E-state index in [9.17, 15) is 0 Å². The van der Waals surface area contributed by atoms with Crippen molar-refractivity contribution in [1.82, 2.24) is 0 Å². The van der Waals surface area contributed by atoms with E-state index < -0.39 is 8.07 Å². The quantitative estimate of drug-likeness (QED) is 0.580. The van der Waals surface area contributed by atoms with Gasteiger partial charge in [0, 0.05) is 0 Å². The summed E-state index contributed by atoms with van der Waals surface area (Å²) in [6.07, 6.45) is 11.6. The first-order valence-corrected chi connectivity index (χ1v) is 13.0. The van der Waals surface area contributed by atoms with E-state index in [1.54, 1.807) is 5.56 Å². The molecule has 0 spiro atoms. The summed E-state index contributed by atoms with van der Waals surface area (Å²) in [6, 6.07) is 12.6. The molecule has 0 bridgehead atoms. The molecule has 3 aliphatic rings. The molecule has 23 heavy (non-hydrogen) atoms. The Morgan fingerprint density at radius 3 is 2.52 bits per heavy atom. The smallest absolute Gasteiger partial charge is 0.0801 e. The van der Waals surface area contributed by atoms with Crippen LogP contribution in [0.1, 0.15) is 51.0 Å². The molecule has 1 heteroatoms. The Labute approximate surface area is 143 Å². The summed E-state index contributed by atoms with van der Waals surface area (Å²) in [5.74, 6) is 2.95. The molecule has 2 saturated carbocycles. The Morgan fingerprint density at radius 2 is 1.83 bits per heavy atom. The van der Waals surface area contributed by atoms with E-state index in [2.05, 4.69) is 56.4 Å². The van der Waals surface area contributed by atoms with E-state index in [4.69, 9.17) is 0 Å². The summed E-state index contributed by atoms with van der Waals surface area (Å²) >= 11 is 0. The van der Waals surface area contributed by atoms with Gasteiger partial charge in [0.2, 0.25) is 0 Å². The van der Waals surface area contributed by atoms with Crippen LogP contribution in [-0.2, 0) is 6.04 Å². The molecule has 3 atom stereocenters. The van der Waals surface area contributed by atoms with Gasteiger partial charge in [-0.15, -0.1) is 0 Å². The van der Waals surface area contributed by atoms with E-state index in [1.165, 1.54) is 44.6 Å². The van der Waals surface area contributed by atoms with Crippen molar-refractivity contribution < 1.29 is 0 Å². The molecule has 0 heterocycles. The lowest BCUT2D eigenvalue weighted by atomic mass is 9.61. The Morgan fingerprint density at radius 1 is 1.09 bits per heavy atom. The second-order valence-electron chi connectivity index (χ2n) is 9.19. The predicted octanol–water partition coefficient (Wildman–Crippen LogP) is 6.18. The van der Waals surface area contributed by atoms with Gasteiger partial charge in [-0.1, -0.05) is 80.0 Å². The Balaban J connectivity index is 1.67. The Hall–Kier alpha value is -0.823. The fourth-order valence-corrected chi connectivity index (χ4v) is 10.1. The van der Waals surface area contributed by atoms with Gasteiger partial charge in [0.25, 0.3) is 0 Å². The zero-order chi connectivity index (χ0) is 16.1. The maximum absolute atomic E-state index is 2.75. The van der Waals surface area contributed by atoms with Gasteiger partial charge in [-0.2, -0.15) is 0 Å². The van der Waals surface area contributed by atoms with Crippen molar-refractivity contribution in [3.63, 3.8) is 0 Å². The molecule has 0 unspecified atom stereocenters. The van der Waals surface area contributed by atoms with Gasteiger partial charge >= 0.3 is 0 Å². The lowest BCUT2D eigenvalue weighted by molar-refractivity contribution is 0.0832. The molecule has 4 rings (SSSR count). The average molecular weight is 325 g/mol. The van der Waals surface area contributed by atoms with Crippen LogP contribution in [0.4, 0.5) is 0 Å². The molecule has 0 nitrogen and oxygen atoms in total. The summed E-state index contributed by atoms with van der Waals surface area (Å²) < 4.78 is 0. The fourth-order valence-electron chi connectivity index (χ4n) is 6.26. The lowest BCUT2D eigenvalue weighted by Crippen LogP contribution is -2.47. The van der Waals surface area contributed by atoms with Crippen LogP contribution in [-0.4, -0.2) is 8.07 Å². The highest BCUT2D eigenvalue weighted by molar-refractivity contribution is 6.84. The summed E-state index contributed by atoms with van der Waals surface area (Å²) in [5, 5.41) is 1.98. The van der Waals surface area contributed by atoms with Gasteiger partial charge in [0.1, 0.15) is 0 Å². The molecule has 0 N–H and O–H groups in total. The van der Waals surface area contributed by atoms with Crippen molar-refractivity contribution in [2.24, 2.45) is 23.2 Å². The van der Waals surface area contributed by atoms with Crippen LogP contribution < -0.4 is 0 Å². The third-order valence-electron chi connectivity index (χ3n) is 7.20. The highest BCUT2D eigenvalue weighted by Gasteiger charge is 2.59. The number of allylic oxidation sites excluding steroid dienone is 2. The number of hydrogen-bond acceptors (Lipinski definition) is 0. The molecule has 0 radical (unpaired) electrons. The van der Waals surface area contributed by atoms with Gasteiger partial charge in [-0.05, 0) is 54.9 Å². The van der Waals surface area contributed by atoms with Crippen LogP contribution in [0.15, 0.2) is 41.6 Å². The maximum Gasteiger partial charge on any atom is 0.0801 e. The number of hydrogen-bond donors (Lipinski definition) is 0. The van der Waals surface area contributed by atoms with E-state index in [0.29, 0.717) is 5.41 Å². The van der Waals surface area contributed by atoms with E-state index in [0.717, 1.165) is 17.8 Å². The van der Waals surface area contributed by atoms with Gasteiger partial charge < -0.3 is 0 Å². The molecule has 0 amide bonds. The van der Waals surface area contributed by atoms with Crippen molar-refractivity contribution in [3.8, 4) is 0 Å². The van der Waals surface area contributed by atoms with Crippen molar-refractivity contribution in [1.29, 1.82) is 0 Å². The zero-order valence-electron chi connectivity index (χ0n) is 15.1. The highest BCUT2D eigenvalue weighted by Crippen LogP contribution is 2.66. The van der Waals surface area contributed by atoms with Crippen LogP contribution in [0.5, 0.6) is 0 Å². The van der Waals surface area contributed by atoms with Crippen molar-refractivity contribution in [2.75, 3.05) is 0 Å². The van der Waals surface area contributed by atoms with E-state index >= 15 is 0 Å². The van der Waals surface area contributed by atoms with Crippen LogP contribution >= 0.6 is 0 Å². The number of rotatable bonds is 4. The monoisotopic (exact) mass is 324 g/mol. The first-order valence-electron chi connectivity index (χ1n) is 9.79. The largest absolute Gasteiger partial charge is 0.0883 e. The second kappa shape index (κ2) is 5.62. The lowest BCUT2D eigenvalue weighted by Gasteiger charge is -2.49. The zero-order valence-corrected chi connectivity index (χ0v) is 16.1. The van der Waals surface area contributed by atoms with Gasteiger partial charge in [0.15, 0.2) is 0 Å². The molecule has 1 aromatic carbocycles. The Bertz CT molecular complexity index is 596. The van der Waals surface area contributed by atoms with Crippen LogP contribution in [0, 0.1) is 23.2 Å². The van der Waals surface area contributed by atoms with Crippen LogP contribution in [0.3, 0.4) is 0 Å². The third kappa shape index (κ3) is 2.56. The molecule has 0 saturated heterocycles. The van der Waals surface area contributed by atoms with Gasteiger partial charge in [-0.3, -0.25) is 0 Å². The minimum Gasteiger partial charge on any atom is -0.0883 e. The van der Waals surface area contributed by atoms with Crippen molar-refractivity contribution in [3.05, 3.63) is 47.2 Å². The van der Waals surface area contributed by atoms with Crippen LogP contribution in [0.25, 0.3) is 0 Å². The van der Waals surface area contributed by atoms with Crippen molar-refractivity contribution in [2.45, 2.75) is 64.6 Å². The molecule has 3 aliphatic carbocycles. The summed E-state index contributed by atoms with van der Waals surface area (Å²) in [6.45, 7) is 7.85. The molecule has 0 aliphatic heterocycles. The number of benzene rings is 1. The SMILES string of the molecule is C[C@@H]1CCC[C@]2(C3CC3)C([Si](C)(C)Cc3ccccc3)=CC[C@@H]12. The molecule has 124 valence electrons. The first-order chi connectivity index (χ1) is 11.0. The van der Waals surface area contributed by atoms with Crippen LogP contribution in [0.2, 0.25) is 13.1 Å². The maximum atomic E-state index is 2.75. The minimum absolute atomic E-state index is 0.627. The minimum atomic E-state index is -1.38. The molecular formula is C22H32Si. The average Bonchev–Trinajstić information content (AvgIpc) is 3.29. The van der Waals surface area contributed by atoms with E-state index in [1.807, 2.05) is 5.20 Å². The number of fused-ring (bicyclic) bond motifs is 1. The van der Waals surface area contributed by atoms with Gasteiger partial charge in [-0.25, -0.2) is 0 Å². The predicted molar refractivity (Wildman–Crippen MR) is 102 cm³/mol. The third-order valence-corrected chi connectivity index (χ3v) is 10.6. The summed E-state index contributed by atoms with van der Waals surface area (Å²) in [7, 11) is -1.38. The molecule has 0 aromatic heterocycles. The fraction of sp³-hybridized carbons (Fsp3) is 0.636.